The summed E-state index contributed by atoms with van der Waals surface area (Å²) >= 11 is 1.72. The Hall–Kier alpha value is -1.67. The number of urea groups is 1. The zero-order chi connectivity index (χ0) is 26.1. The van der Waals surface area contributed by atoms with Gasteiger partial charge in [0.1, 0.15) is 0 Å². The predicted molar refractivity (Wildman–Crippen MR) is 153 cm³/mol. The van der Waals surface area contributed by atoms with Crippen molar-refractivity contribution in [1.82, 2.24) is 15.5 Å². The molecule has 2 aliphatic rings. The van der Waals surface area contributed by atoms with E-state index in [4.69, 9.17) is 4.74 Å². The Bertz CT molecular complexity index is 976. The molecule has 3 unspecified atom stereocenters. The van der Waals surface area contributed by atoms with E-state index in [9.17, 15) is 9.90 Å². The second kappa shape index (κ2) is 13.9. The first-order chi connectivity index (χ1) is 18.0. The molecule has 1 aliphatic heterocycles. The molecule has 7 heteroatoms. The molecule has 2 amide bonds. The molecule has 1 aromatic carbocycles. The Kier molecular flexibility index (Phi) is 10.7. The van der Waals surface area contributed by atoms with Gasteiger partial charge in [0.25, 0.3) is 0 Å². The highest BCUT2D eigenvalue weighted by atomic mass is 32.1. The maximum absolute atomic E-state index is 13.5. The van der Waals surface area contributed by atoms with E-state index in [2.05, 4.69) is 40.3 Å². The molecule has 6 nitrogen and oxygen atoms in total. The van der Waals surface area contributed by atoms with Crippen LogP contribution in [-0.4, -0.2) is 62.5 Å². The van der Waals surface area contributed by atoms with Crippen LogP contribution in [0.1, 0.15) is 76.2 Å². The molecule has 206 valence electrons. The maximum Gasteiger partial charge on any atom is 0.317 e. The molecule has 0 radical (unpaired) electrons. The van der Waals surface area contributed by atoms with Crippen LogP contribution in [-0.2, 0) is 10.3 Å². The first kappa shape index (κ1) is 28.3. The van der Waals surface area contributed by atoms with Crippen LogP contribution in [0.25, 0.3) is 10.1 Å². The van der Waals surface area contributed by atoms with Gasteiger partial charge in [0.2, 0.25) is 0 Å². The summed E-state index contributed by atoms with van der Waals surface area (Å²) in [6.45, 7) is 2.83. The summed E-state index contributed by atoms with van der Waals surface area (Å²) in [4.78, 5) is 15.5. The number of thiophene rings is 1. The number of hydrogen-bond acceptors (Lipinski definition) is 5. The minimum atomic E-state index is -0.972. The Morgan fingerprint density at radius 3 is 2.81 bits per heavy atom. The van der Waals surface area contributed by atoms with Crippen LogP contribution in [0, 0.1) is 11.8 Å². The molecular weight excluding hydrogens is 482 g/mol. The third kappa shape index (κ3) is 7.25. The highest BCUT2D eigenvalue weighted by molar-refractivity contribution is 7.17. The number of likely N-dealkylation sites (N-methyl/N-ethyl adjacent to an activating group) is 1. The number of aliphatic hydroxyl groups is 1. The van der Waals surface area contributed by atoms with Crippen LogP contribution in [0.15, 0.2) is 29.6 Å². The number of rotatable bonds is 12. The molecule has 1 saturated carbocycles. The summed E-state index contributed by atoms with van der Waals surface area (Å²) in [5, 5.41) is 22.3. The topological polar surface area (TPSA) is 73.8 Å². The lowest BCUT2D eigenvalue weighted by Crippen LogP contribution is -2.54. The average Bonchev–Trinajstić information content (AvgIpc) is 3.41. The fraction of sp³-hybridized carbons (Fsp3) is 0.700. The van der Waals surface area contributed by atoms with Gasteiger partial charge in [-0.1, -0.05) is 44.2 Å². The van der Waals surface area contributed by atoms with E-state index in [0.29, 0.717) is 25.5 Å². The van der Waals surface area contributed by atoms with E-state index in [-0.39, 0.29) is 18.0 Å². The van der Waals surface area contributed by atoms with Crippen molar-refractivity contribution in [2.45, 2.75) is 82.3 Å². The Morgan fingerprint density at radius 2 is 2.03 bits per heavy atom. The molecule has 0 bridgehead atoms. The number of benzene rings is 1. The average molecular weight is 530 g/mol. The van der Waals surface area contributed by atoms with Crippen molar-refractivity contribution < 1.29 is 14.6 Å². The number of fused-ring (bicyclic) bond motifs is 1. The molecule has 2 fully saturated rings. The lowest BCUT2D eigenvalue weighted by atomic mass is 9.73. The lowest BCUT2D eigenvalue weighted by molar-refractivity contribution is -0.0552. The fourth-order valence-corrected chi connectivity index (χ4v) is 7.47. The third-order valence-electron chi connectivity index (χ3n) is 8.62. The minimum Gasteiger partial charge on any atom is -0.385 e. The Morgan fingerprint density at radius 1 is 1.19 bits per heavy atom. The Balaban J connectivity index is 1.48. The summed E-state index contributed by atoms with van der Waals surface area (Å²) in [5.74, 6) is 0.714. The van der Waals surface area contributed by atoms with Crippen LogP contribution in [0.2, 0.25) is 0 Å². The van der Waals surface area contributed by atoms with Crippen molar-refractivity contribution >= 4 is 27.5 Å². The number of likely N-dealkylation sites (tertiary alicyclic amines) is 1. The van der Waals surface area contributed by atoms with Gasteiger partial charge in [-0.25, -0.2) is 4.79 Å². The number of unbranched alkanes of at least 4 members (excludes halogenated alkanes) is 1. The van der Waals surface area contributed by atoms with Gasteiger partial charge >= 0.3 is 6.03 Å². The number of amides is 2. The molecule has 37 heavy (non-hydrogen) atoms. The van der Waals surface area contributed by atoms with Crippen molar-refractivity contribution in [3.8, 4) is 0 Å². The quantitative estimate of drug-likeness (QED) is 0.300. The van der Waals surface area contributed by atoms with Gasteiger partial charge in [-0.05, 0) is 80.0 Å². The number of nitrogens with one attached hydrogen (secondary N) is 2. The molecule has 1 aromatic heterocycles. The van der Waals surface area contributed by atoms with Gasteiger partial charge in [-0.3, -0.25) is 0 Å². The van der Waals surface area contributed by atoms with Crippen molar-refractivity contribution in [3.05, 3.63) is 35.2 Å². The first-order valence-corrected chi connectivity index (χ1v) is 15.3. The number of piperidine rings is 1. The zero-order valence-corrected chi connectivity index (χ0v) is 23.7. The fourth-order valence-electron chi connectivity index (χ4n) is 6.65. The Labute approximate surface area is 227 Å². The SMILES string of the molecule is CNCC(CC1CCCCC1)NC(=O)N1CCCC(C(O)(CCCCOC)c2cccc3sccc23)C1. The number of nitrogens with zero attached hydrogens (tertiary/aromatic N) is 1. The minimum absolute atomic E-state index is 0.00106. The lowest BCUT2D eigenvalue weighted by Gasteiger charge is -2.43. The normalized spacial score (nSPS) is 21.6. The molecule has 2 heterocycles. The van der Waals surface area contributed by atoms with Crippen LogP contribution < -0.4 is 10.6 Å². The van der Waals surface area contributed by atoms with Gasteiger partial charge in [0.15, 0.2) is 0 Å². The van der Waals surface area contributed by atoms with Gasteiger partial charge in [0, 0.05) is 50.0 Å². The third-order valence-corrected chi connectivity index (χ3v) is 9.51. The van der Waals surface area contributed by atoms with Gasteiger partial charge in [-0.15, -0.1) is 11.3 Å². The highest BCUT2D eigenvalue weighted by Gasteiger charge is 2.42. The van der Waals surface area contributed by atoms with Gasteiger partial charge < -0.3 is 25.4 Å². The summed E-state index contributed by atoms with van der Waals surface area (Å²) in [5.41, 5.74) is 0.0426. The molecule has 3 N–H and O–H groups in total. The van der Waals surface area contributed by atoms with E-state index in [1.807, 2.05) is 11.9 Å². The number of carbonyl (C=O) groups is 1. The summed E-state index contributed by atoms with van der Waals surface area (Å²) in [6.07, 6.45) is 11.9. The van der Waals surface area contributed by atoms with Crippen molar-refractivity contribution in [3.63, 3.8) is 0 Å². The van der Waals surface area contributed by atoms with E-state index >= 15 is 0 Å². The van der Waals surface area contributed by atoms with Crippen LogP contribution in [0.4, 0.5) is 4.79 Å². The standard InChI is InChI=1S/C30H47N3O3S/c1-31-21-25(20-23-10-4-3-5-11-23)32-29(34)33-17-9-12-24(22-33)30(35,16-6-7-18-36-2)27-13-8-14-28-26(27)15-19-37-28/h8,13-15,19,23-25,31,35H,3-7,9-12,16-18,20-22H2,1-2H3,(H,32,34). The van der Waals surface area contributed by atoms with Crippen LogP contribution in [0.3, 0.4) is 0 Å². The molecule has 4 rings (SSSR count). The number of carbonyl (C=O) groups excluding carboxylic acids is 1. The zero-order valence-electron chi connectivity index (χ0n) is 22.8. The van der Waals surface area contributed by atoms with Crippen molar-refractivity contribution in [1.29, 1.82) is 0 Å². The summed E-state index contributed by atoms with van der Waals surface area (Å²) in [7, 11) is 3.69. The summed E-state index contributed by atoms with van der Waals surface area (Å²) in [6, 6.07) is 8.59. The molecular formula is C30H47N3O3S. The van der Waals surface area contributed by atoms with Crippen LogP contribution in [0.5, 0.6) is 0 Å². The smallest absolute Gasteiger partial charge is 0.317 e. The van der Waals surface area contributed by atoms with E-state index in [0.717, 1.165) is 56.1 Å². The van der Waals surface area contributed by atoms with Gasteiger partial charge in [-0.2, -0.15) is 0 Å². The second-order valence-electron chi connectivity index (χ2n) is 11.2. The van der Waals surface area contributed by atoms with E-state index in [1.165, 1.54) is 36.8 Å². The molecule has 2 aromatic rings. The summed E-state index contributed by atoms with van der Waals surface area (Å²) < 4.78 is 6.48. The number of hydrogen-bond donors (Lipinski definition) is 3. The van der Waals surface area contributed by atoms with Crippen LogP contribution >= 0.6 is 11.3 Å². The van der Waals surface area contributed by atoms with E-state index in [1.54, 1.807) is 18.4 Å². The highest BCUT2D eigenvalue weighted by Crippen LogP contribution is 2.43. The number of ether oxygens (including phenoxy) is 1. The molecule has 3 atom stereocenters. The largest absolute Gasteiger partial charge is 0.385 e. The number of methoxy groups -OCH3 is 1. The van der Waals surface area contributed by atoms with Gasteiger partial charge in [0.05, 0.1) is 5.60 Å². The second-order valence-corrected chi connectivity index (χ2v) is 12.2. The van der Waals surface area contributed by atoms with E-state index < -0.39 is 5.60 Å². The maximum atomic E-state index is 13.5. The molecule has 0 spiro atoms. The van der Waals surface area contributed by atoms with Crippen molar-refractivity contribution in [2.75, 3.05) is 40.4 Å². The monoisotopic (exact) mass is 529 g/mol. The molecule has 1 aliphatic carbocycles. The molecule has 1 saturated heterocycles. The van der Waals surface area contributed by atoms with Crippen molar-refractivity contribution in [2.24, 2.45) is 11.8 Å². The first-order valence-electron chi connectivity index (χ1n) is 14.4. The predicted octanol–water partition coefficient (Wildman–Crippen LogP) is 5.89.